The van der Waals surface area contributed by atoms with Gasteiger partial charge in [0, 0.05) is 6.54 Å². The maximum absolute atomic E-state index is 12.8. The van der Waals surface area contributed by atoms with E-state index in [-0.39, 0.29) is 34.9 Å². The number of sulfonamides is 1. The molecule has 122 valence electrons. The Labute approximate surface area is 127 Å². The lowest BCUT2D eigenvalue weighted by atomic mass is 10.2. The van der Waals surface area contributed by atoms with Crippen LogP contribution in [0.1, 0.15) is 34.7 Å². The second-order valence-corrected chi connectivity index (χ2v) is 6.85. The third kappa shape index (κ3) is 2.50. The van der Waals surface area contributed by atoms with Gasteiger partial charge in [0.05, 0.1) is 7.11 Å². The number of esters is 1. The first-order valence-corrected chi connectivity index (χ1v) is 8.08. The van der Waals surface area contributed by atoms with Crippen molar-refractivity contribution in [3.8, 4) is 0 Å². The van der Waals surface area contributed by atoms with Crippen LogP contribution >= 0.6 is 0 Å². The van der Waals surface area contributed by atoms with E-state index in [0.29, 0.717) is 6.42 Å². The molecule has 1 aromatic rings. The van der Waals surface area contributed by atoms with Crippen molar-refractivity contribution < 1.29 is 32.3 Å². The average Bonchev–Trinajstić information content (AvgIpc) is 3.02. The van der Waals surface area contributed by atoms with Gasteiger partial charge in [-0.1, -0.05) is 0 Å². The fourth-order valence-electron chi connectivity index (χ4n) is 2.70. The molecule has 0 amide bonds. The summed E-state index contributed by atoms with van der Waals surface area (Å²) >= 11 is 0. The van der Waals surface area contributed by atoms with Crippen LogP contribution in [0.4, 0.5) is 0 Å². The molecule has 0 aromatic carbocycles. The third-order valence-electron chi connectivity index (χ3n) is 3.65. The molecule has 1 atom stereocenters. The van der Waals surface area contributed by atoms with Crippen LogP contribution in [-0.4, -0.2) is 49.5 Å². The van der Waals surface area contributed by atoms with Gasteiger partial charge in [0.15, 0.2) is 0 Å². The van der Waals surface area contributed by atoms with Crippen LogP contribution in [0.15, 0.2) is 9.31 Å². The van der Waals surface area contributed by atoms with E-state index < -0.39 is 28.0 Å². The Bertz CT molecular complexity index is 719. The van der Waals surface area contributed by atoms with E-state index in [1.54, 1.807) is 0 Å². The molecule has 8 nitrogen and oxygen atoms in total. The maximum atomic E-state index is 12.8. The number of rotatable bonds is 4. The van der Waals surface area contributed by atoms with E-state index in [4.69, 9.17) is 4.42 Å². The molecule has 9 heteroatoms. The van der Waals surface area contributed by atoms with Crippen molar-refractivity contribution in [2.75, 3.05) is 13.7 Å². The molecule has 22 heavy (non-hydrogen) atoms. The van der Waals surface area contributed by atoms with Crippen LogP contribution in [0.2, 0.25) is 0 Å². The molecule has 1 aliphatic heterocycles. The van der Waals surface area contributed by atoms with Gasteiger partial charge in [-0.15, -0.1) is 0 Å². The van der Waals surface area contributed by atoms with E-state index in [2.05, 4.69) is 4.74 Å². The molecule has 1 unspecified atom stereocenters. The first-order valence-electron chi connectivity index (χ1n) is 6.64. The molecule has 2 heterocycles. The van der Waals surface area contributed by atoms with Gasteiger partial charge in [0.2, 0.25) is 10.0 Å². The average molecular weight is 331 g/mol. The van der Waals surface area contributed by atoms with Crippen molar-refractivity contribution in [2.45, 2.75) is 37.6 Å². The molecule has 2 rings (SSSR count). The van der Waals surface area contributed by atoms with E-state index in [1.807, 2.05) is 0 Å². The van der Waals surface area contributed by atoms with E-state index >= 15 is 0 Å². The van der Waals surface area contributed by atoms with E-state index in [0.717, 1.165) is 11.4 Å². The molecule has 1 N–H and O–H groups in total. The number of carboxylic acids is 1. The van der Waals surface area contributed by atoms with Crippen LogP contribution in [0.3, 0.4) is 0 Å². The minimum Gasteiger partial charge on any atom is -0.480 e. The molecule has 1 fully saturated rings. The Balaban J connectivity index is 2.60. The number of hydrogen-bond donors (Lipinski definition) is 1. The summed E-state index contributed by atoms with van der Waals surface area (Å²) in [6.45, 7) is 2.96. The van der Waals surface area contributed by atoms with Crippen molar-refractivity contribution in [3.05, 3.63) is 17.1 Å². The van der Waals surface area contributed by atoms with Gasteiger partial charge in [0.25, 0.3) is 0 Å². The van der Waals surface area contributed by atoms with Gasteiger partial charge < -0.3 is 14.3 Å². The van der Waals surface area contributed by atoms with Crippen molar-refractivity contribution >= 4 is 22.0 Å². The topological polar surface area (TPSA) is 114 Å². The number of carbonyl (C=O) groups is 2. The molecule has 0 radical (unpaired) electrons. The number of nitrogens with zero attached hydrogens (tertiary/aromatic N) is 1. The fourth-order valence-corrected chi connectivity index (χ4v) is 4.73. The summed E-state index contributed by atoms with van der Waals surface area (Å²) < 4.78 is 36.4. The summed E-state index contributed by atoms with van der Waals surface area (Å²) in [4.78, 5) is 22.8. The summed E-state index contributed by atoms with van der Waals surface area (Å²) in [6.07, 6.45) is 0.678. The fraction of sp³-hybridized carbons (Fsp3) is 0.538. The summed E-state index contributed by atoms with van der Waals surface area (Å²) in [6, 6.07) is -1.13. The van der Waals surface area contributed by atoms with Gasteiger partial charge >= 0.3 is 11.9 Å². The number of hydrogen-bond acceptors (Lipinski definition) is 6. The number of furan rings is 1. The van der Waals surface area contributed by atoms with E-state index in [9.17, 15) is 23.1 Å². The summed E-state index contributed by atoms with van der Waals surface area (Å²) in [5.74, 6) is -1.89. The lowest BCUT2D eigenvalue weighted by Crippen LogP contribution is -2.40. The van der Waals surface area contributed by atoms with Gasteiger partial charge in [-0.05, 0) is 26.7 Å². The lowest BCUT2D eigenvalue weighted by molar-refractivity contribution is -0.140. The molecule has 0 saturated carbocycles. The van der Waals surface area contributed by atoms with Gasteiger partial charge in [-0.25, -0.2) is 13.2 Å². The predicted molar refractivity (Wildman–Crippen MR) is 74.1 cm³/mol. The normalized spacial score (nSPS) is 19.3. The molecular weight excluding hydrogens is 314 g/mol. The monoisotopic (exact) mass is 331 g/mol. The molecular formula is C13H17NO7S. The lowest BCUT2D eigenvalue weighted by Gasteiger charge is -2.21. The molecule has 0 aliphatic carbocycles. The Morgan fingerprint density at radius 2 is 1.95 bits per heavy atom. The molecule has 1 aromatic heterocycles. The Kier molecular flexibility index (Phi) is 4.30. The number of methoxy groups -OCH3 is 1. The minimum absolute atomic E-state index is 0.0361. The third-order valence-corrected chi connectivity index (χ3v) is 5.71. The van der Waals surface area contributed by atoms with Crippen molar-refractivity contribution in [1.29, 1.82) is 0 Å². The smallest absolute Gasteiger partial charge is 0.342 e. The number of carboxylic acid groups (broad SMARTS) is 1. The van der Waals surface area contributed by atoms with Gasteiger partial charge in [-0.2, -0.15) is 4.31 Å². The van der Waals surface area contributed by atoms with Crippen LogP contribution < -0.4 is 0 Å². The van der Waals surface area contributed by atoms with Crippen LogP contribution in [0.5, 0.6) is 0 Å². The van der Waals surface area contributed by atoms with E-state index in [1.165, 1.54) is 13.8 Å². The largest absolute Gasteiger partial charge is 0.480 e. The SMILES string of the molecule is COC(=O)c1c(C)oc(C)c1S(=O)(=O)N1CCCC1C(=O)O. The van der Waals surface area contributed by atoms with Gasteiger partial charge in [-0.3, -0.25) is 4.79 Å². The second kappa shape index (κ2) is 5.73. The number of aryl methyl sites for hydroxylation is 2. The van der Waals surface area contributed by atoms with Crippen LogP contribution in [0.25, 0.3) is 0 Å². The Hall–Kier alpha value is -1.87. The van der Waals surface area contributed by atoms with Crippen molar-refractivity contribution in [2.24, 2.45) is 0 Å². The zero-order valence-electron chi connectivity index (χ0n) is 12.5. The highest BCUT2D eigenvalue weighted by molar-refractivity contribution is 7.89. The maximum Gasteiger partial charge on any atom is 0.342 e. The highest BCUT2D eigenvalue weighted by Crippen LogP contribution is 2.33. The number of aliphatic carboxylic acids is 1. The highest BCUT2D eigenvalue weighted by atomic mass is 32.2. The highest BCUT2D eigenvalue weighted by Gasteiger charge is 2.43. The Morgan fingerprint density at radius 1 is 1.32 bits per heavy atom. The van der Waals surface area contributed by atoms with Crippen molar-refractivity contribution in [1.82, 2.24) is 4.31 Å². The molecule has 1 saturated heterocycles. The molecule has 0 spiro atoms. The first kappa shape index (κ1) is 16.5. The second-order valence-electron chi connectivity index (χ2n) is 5.02. The zero-order chi connectivity index (χ0) is 16.7. The summed E-state index contributed by atoms with van der Waals surface area (Å²) in [7, 11) is -3.04. The van der Waals surface area contributed by atoms with Crippen LogP contribution in [-0.2, 0) is 19.6 Å². The minimum atomic E-state index is -4.17. The summed E-state index contributed by atoms with van der Waals surface area (Å²) in [5.41, 5.74) is -0.184. The first-order chi connectivity index (χ1) is 10.2. The number of carbonyl (C=O) groups excluding carboxylic acids is 1. The molecule has 0 bridgehead atoms. The van der Waals surface area contributed by atoms with Crippen LogP contribution in [0, 0.1) is 13.8 Å². The van der Waals surface area contributed by atoms with Gasteiger partial charge in [0.1, 0.15) is 28.0 Å². The molecule has 1 aliphatic rings. The number of ether oxygens (including phenoxy) is 1. The van der Waals surface area contributed by atoms with Crippen molar-refractivity contribution in [3.63, 3.8) is 0 Å². The Morgan fingerprint density at radius 3 is 2.50 bits per heavy atom. The predicted octanol–water partition coefficient (Wildman–Crippen LogP) is 0.921. The summed E-state index contributed by atoms with van der Waals surface area (Å²) in [5, 5.41) is 9.17. The standard InChI is InChI=1S/C13H17NO7S/c1-7-10(13(17)20-3)11(8(2)21-7)22(18,19)14-6-4-5-9(14)12(15)16/h9H,4-6H2,1-3H3,(H,15,16). The zero-order valence-corrected chi connectivity index (χ0v) is 13.3. The quantitative estimate of drug-likeness (QED) is 0.816.